The van der Waals surface area contributed by atoms with Crippen LogP contribution in [-0.4, -0.2) is 24.0 Å². The lowest BCUT2D eigenvalue weighted by Gasteiger charge is -2.23. The molecule has 0 rings (SSSR count). The number of hydrogen-bond acceptors (Lipinski definition) is 2. The Morgan fingerprint density at radius 2 is 1.93 bits per heavy atom. The van der Waals surface area contributed by atoms with Gasteiger partial charge in [0.05, 0.1) is 6.04 Å². The van der Waals surface area contributed by atoms with Gasteiger partial charge in [0.2, 0.25) is 5.91 Å². The molecule has 0 saturated carbocycles. The fourth-order valence-electron chi connectivity index (χ4n) is 1.07. The predicted molar refractivity (Wildman–Crippen MR) is 64.8 cm³/mol. The van der Waals surface area contributed by atoms with Crippen LogP contribution >= 0.6 is 0 Å². The van der Waals surface area contributed by atoms with E-state index in [1.54, 1.807) is 0 Å². The topological polar surface area (TPSA) is 41.1 Å². The van der Waals surface area contributed by atoms with Gasteiger partial charge in [0.15, 0.2) is 0 Å². The van der Waals surface area contributed by atoms with Crippen molar-refractivity contribution in [3.8, 4) is 0 Å². The van der Waals surface area contributed by atoms with E-state index < -0.39 is 0 Å². The number of rotatable bonds is 5. The molecule has 0 bridgehead atoms. The second-order valence-corrected chi connectivity index (χ2v) is 5.12. The highest BCUT2D eigenvalue weighted by molar-refractivity contribution is 5.81. The molecule has 0 heterocycles. The lowest BCUT2D eigenvalue weighted by molar-refractivity contribution is -0.124. The Labute approximate surface area is 93.3 Å². The number of hydrogen-bond donors (Lipinski definition) is 2. The molecule has 1 unspecified atom stereocenters. The molecule has 0 spiro atoms. The first kappa shape index (κ1) is 14.2. The van der Waals surface area contributed by atoms with Crippen molar-refractivity contribution < 1.29 is 4.79 Å². The van der Waals surface area contributed by atoms with Gasteiger partial charge >= 0.3 is 0 Å². The standard InChI is InChI=1S/C12H24N2O/c1-9(2)7-8-13-10(3)11(15)14-12(4,5)6/h10,13H,1,7-8H2,2-6H3,(H,14,15). The van der Waals surface area contributed by atoms with Crippen LogP contribution in [-0.2, 0) is 4.79 Å². The summed E-state index contributed by atoms with van der Waals surface area (Å²) in [5.74, 6) is 0.0456. The molecule has 88 valence electrons. The molecule has 1 atom stereocenters. The summed E-state index contributed by atoms with van der Waals surface area (Å²) in [7, 11) is 0. The molecule has 0 aromatic rings. The van der Waals surface area contributed by atoms with Crippen molar-refractivity contribution in [2.75, 3.05) is 6.54 Å². The van der Waals surface area contributed by atoms with E-state index >= 15 is 0 Å². The third-order valence-corrected chi connectivity index (χ3v) is 1.89. The van der Waals surface area contributed by atoms with Gasteiger partial charge in [0.1, 0.15) is 0 Å². The van der Waals surface area contributed by atoms with E-state index in [1.165, 1.54) is 0 Å². The van der Waals surface area contributed by atoms with Crippen LogP contribution in [0.3, 0.4) is 0 Å². The summed E-state index contributed by atoms with van der Waals surface area (Å²) in [4.78, 5) is 11.6. The molecule has 0 aromatic carbocycles. The monoisotopic (exact) mass is 212 g/mol. The quantitative estimate of drug-likeness (QED) is 0.683. The molecular weight excluding hydrogens is 188 g/mol. The number of carbonyl (C=O) groups is 1. The first-order valence-corrected chi connectivity index (χ1v) is 5.42. The number of carbonyl (C=O) groups excluding carboxylic acids is 1. The van der Waals surface area contributed by atoms with Gasteiger partial charge in [-0.05, 0) is 47.6 Å². The van der Waals surface area contributed by atoms with E-state index in [1.807, 2.05) is 34.6 Å². The summed E-state index contributed by atoms with van der Waals surface area (Å²) in [5, 5.41) is 6.10. The third kappa shape index (κ3) is 8.18. The van der Waals surface area contributed by atoms with Crippen molar-refractivity contribution in [3.63, 3.8) is 0 Å². The normalized spacial score (nSPS) is 13.4. The smallest absolute Gasteiger partial charge is 0.237 e. The average Bonchev–Trinajstić information content (AvgIpc) is 1.99. The zero-order chi connectivity index (χ0) is 12.1. The Bertz CT molecular complexity index is 228. The van der Waals surface area contributed by atoms with E-state index in [-0.39, 0.29) is 17.5 Å². The van der Waals surface area contributed by atoms with E-state index in [9.17, 15) is 4.79 Å². The second-order valence-electron chi connectivity index (χ2n) is 5.12. The highest BCUT2D eigenvalue weighted by Gasteiger charge is 2.18. The molecule has 1 amide bonds. The number of nitrogens with one attached hydrogen (secondary N) is 2. The van der Waals surface area contributed by atoms with E-state index in [0.29, 0.717) is 0 Å². The SMILES string of the molecule is C=C(C)CCNC(C)C(=O)NC(C)(C)C. The van der Waals surface area contributed by atoms with Crippen LogP contribution in [0.15, 0.2) is 12.2 Å². The highest BCUT2D eigenvalue weighted by Crippen LogP contribution is 1.99. The molecule has 0 aliphatic rings. The Hall–Kier alpha value is -0.830. The second kappa shape index (κ2) is 5.91. The first-order valence-electron chi connectivity index (χ1n) is 5.42. The highest BCUT2D eigenvalue weighted by atomic mass is 16.2. The summed E-state index contributed by atoms with van der Waals surface area (Å²) in [6.07, 6.45) is 0.910. The van der Waals surface area contributed by atoms with Gasteiger partial charge in [-0.15, -0.1) is 6.58 Å². The van der Waals surface area contributed by atoms with Gasteiger partial charge in [0, 0.05) is 5.54 Å². The molecule has 3 heteroatoms. The third-order valence-electron chi connectivity index (χ3n) is 1.89. The van der Waals surface area contributed by atoms with Gasteiger partial charge < -0.3 is 10.6 Å². The van der Waals surface area contributed by atoms with Crippen LogP contribution in [0.1, 0.15) is 41.0 Å². The fourth-order valence-corrected chi connectivity index (χ4v) is 1.07. The molecule has 0 aliphatic carbocycles. The van der Waals surface area contributed by atoms with Crippen molar-refractivity contribution in [2.24, 2.45) is 0 Å². The maximum absolute atomic E-state index is 11.6. The van der Waals surface area contributed by atoms with Gasteiger partial charge in [-0.2, -0.15) is 0 Å². The molecule has 2 N–H and O–H groups in total. The van der Waals surface area contributed by atoms with Crippen molar-refractivity contribution in [2.45, 2.75) is 52.6 Å². The minimum absolute atomic E-state index is 0.0456. The molecule has 0 fully saturated rings. The fraction of sp³-hybridized carbons (Fsp3) is 0.750. The van der Waals surface area contributed by atoms with Crippen LogP contribution in [0.5, 0.6) is 0 Å². The lowest BCUT2D eigenvalue weighted by Crippen LogP contribution is -2.49. The molecule has 0 aliphatic heterocycles. The minimum Gasteiger partial charge on any atom is -0.350 e. The Kier molecular flexibility index (Phi) is 5.58. The van der Waals surface area contributed by atoms with E-state index in [2.05, 4.69) is 17.2 Å². The zero-order valence-corrected chi connectivity index (χ0v) is 10.6. The van der Waals surface area contributed by atoms with Gasteiger partial charge in [-0.1, -0.05) is 5.57 Å². The molecule has 15 heavy (non-hydrogen) atoms. The molecular formula is C12H24N2O. The Morgan fingerprint density at radius 1 is 1.40 bits per heavy atom. The summed E-state index contributed by atoms with van der Waals surface area (Å²) >= 11 is 0. The van der Waals surface area contributed by atoms with Crippen LogP contribution in [0.2, 0.25) is 0 Å². The summed E-state index contributed by atoms with van der Waals surface area (Å²) in [5.41, 5.74) is 0.965. The van der Waals surface area contributed by atoms with Crippen LogP contribution in [0.4, 0.5) is 0 Å². The lowest BCUT2D eigenvalue weighted by atomic mass is 10.1. The summed E-state index contributed by atoms with van der Waals surface area (Å²) in [6, 6.07) is -0.149. The van der Waals surface area contributed by atoms with Crippen molar-refractivity contribution in [3.05, 3.63) is 12.2 Å². The average molecular weight is 212 g/mol. The number of amides is 1. The van der Waals surface area contributed by atoms with Gasteiger partial charge in [-0.3, -0.25) is 4.79 Å². The molecule has 0 radical (unpaired) electrons. The zero-order valence-electron chi connectivity index (χ0n) is 10.6. The van der Waals surface area contributed by atoms with Gasteiger partial charge in [-0.25, -0.2) is 0 Å². The maximum atomic E-state index is 11.6. The first-order chi connectivity index (χ1) is 6.72. The minimum atomic E-state index is -0.165. The van der Waals surface area contributed by atoms with Crippen molar-refractivity contribution >= 4 is 5.91 Å². The van der Waals surface area contributed by atoms with Crippen LogP contribution < -0.4 is 10.6 Å². The molecule has 0 aromatic heterocycles. The molecule has 3 nitrogen and oxygen atoms in total. The van der Waals surface area contributed by atoms with Crippen LogP contribution in [0, 0.1) is 0 Å². The van der Waals surface area contributed by atoms with Crippen molar-refractivity contribution in [1.29, 1.82) is 0 Å². The maximum Gasteiger partial charge on any atom is 0.237 e. The van der Waals surface area contributed by atoms with E-state index in [4.69, 9.17) is 0 Å². The van der Waals surface area contributed by atoms with Crippen LogP contribution in [0.25, 0.3) is 0 Å². The van der Waals surface area contributed by atoms with Gasteiger partial charge in [0.25, 0.3) is 0 Å². The Balaban J connectivity index is 3.85. The summed E-state index contributed by atoms with van der Waals surface area (Å²) in [6.45, 7) is 14.4. The predicted octanol–water partition coefficient (Wildman–Crippen LogP) is 1.85. The molecule has 0 saturated heterocycles. The summed E-state index contributed by atoms with van der Waals surface area (Å²) < 4.78 is 0. The largest absolute Gasteiger partial charge is 0.350 e. The van der Waals surface area contributed by atoms with E-state index in [0.717, 1.165) is 18.5 Å². The van der Waals surface area contributed by atoms with Crippen molar-refractivity contribution in [1.82, 2.24) is 10.6 Å². The Morgan fingerprint density at radius 3 is 2.33 bits per heavy atom.